The number of aryl methyl sites for hydroxylation is 3. The summed E-state index contributed by atoms with van der Waals surface area (Å²) in [6, 6.07) is 9.73. The van der Waals surface area contributed by atoms with E-state index < -0.39 is 28.5 Å². The normalized spacial score (nSPS) is 14.9. The predicted octanol–water partition coefficient (Wildman–Crippen LogP) is 2.77. The molecule has 4 rings (SSSR count). The molecule has 0 atom stereocenters. The maximum atomic E-state index is 12.8. The molecule has 174 valence electrons. The molecule has 1 aromatic heterocycles. The maximum absolute atomic E-state index is 12.8. The Hall–Kier alpha value is -4.19. The van der Waals surface area contributed by atoms with Crippen molar-refractivity contribution in [2.45, 2.75) is 6.92 Å². The standard InChI is InChI=1S/C22H19N5O6S/c1-12-5-4-6-14(7-12)23-19(28)11-26-20(29)18(34-22(26)31)9-13-8-16-17(10-15(13)27(32)33)25(3)21(30)24(16)2/h4-10H,11H2,1-3H3,(H,23,28)/b18-9-. The molecule has 0 bridgehead atoms. The fourth-order valence-corrected chi connectivity index (χ4v) is 4.50. The number of nitro groups is 1. The van der Waals surface area contributed by atoms with Crippen LogP contribution in [0.1, 0.15) is 11.1 Å². The second-order valence-corrected chi connectivity index (χ2v) is 8.74. The van der Waals surface area contributed by atoms with Crippen molar-refractivity contribution >= 4 is 57.3 Å². The Morgan fingerprint density at radius 3 is 2.44 bits per heavy atom. The average Bonchev–Trinajstić information content (AvgIpc) is 3.15. The minimum atomic E-state index is -0.731. The predicted molar refractivity (Wildman–Crippen MR) is 127 cm³/mol. The first-order valence-electron chi connectivity index (χ1n) is 10.0. The molecule has 1 aliphatic rings. The number of nitro benzene ring substituents is 1. The number of benzene rings is 2. The monoisotopic (exact) mass is 481 g/mol. The summed E-state index contributed by atoms with van der Waals surface area (Å²) in [6.07, 6.45) is 1.23. The zero-order valence-electron chi connectivity index (χ0n) is 18.4. The first-order valence-corrected chi connectivity index (χ1v) is 10.8. The van der Waals surface area contributed by atoms with Crippen LogP contribution < -0.4 is 11.0 Å². The highest BCUT2D eigenvalue weighted by Crippen LogP contribution is 2.35. The number of nitrogens with zero attached hydrogens (tertiary/aromatic N) is 4. The number of fused-ring (bicyclic) bond motifs is 1. The third-order valence-electron chi connectivity index (χ3n) is 5.38. The lowest BCUT2D eigenvalue weighted by Crippen LogP contribution is -2.36. The number of imide groups is 1. The van der Waals surface area contributed by atoms with Crippen LogP contribution in [0.3, 0.4) is 0 Å². The van der Waals surface area contributed by atoms with Crippen LogP contribution >= 0.6 is 11.8 Å². The van der Waals surface area contributed by atoms with Crippen molar-refractivity contribution in [2.75, 3.05) is 11.9 Å². The highest BCUT2D eigenvalue weighted by molar-refractivity contribution is 8.18. The number of anilines is 1. The van der Waals surface area contributed by atoms with Gasteiger partial charge in [-0.15, -0.1) is 0 Å². The first kappa shape index (κ1) is 23.0. The van der Waals surface area contributed by atoms with Crippen LogP contribution in [-0.2, 0) is 23.7 Å². The summed E-state index contributed by atoms with van der Waals surface area (Å²) in [7, 11) is 3.03. The number of nitrogens with one attached hydrogen (secondary N) is 1. The number of aromatic nitrogens is 2. The number of rotatable bonds is 5. The summed E-state index contributed by atoms with van der Waals surface area (Å²) < 4.78 is 2.62. The lowest BCUT2D eigenvalue weighted by atomic mass is 10.1. The van der Waals surface area contributed by atoms with E-state index >= 15 is 0 Å². The minimum Gasteiger partial charge on any atom is -0.325 e. The molecule has 1 aliphatic heterocycles. The largest absolute Gasteiger partial charge is 0.328 e. The van der Waals surface area contributed by atoms with E-state index in [1.807, 2.05) is 13.0 Å². The summed E-state index contributed by atoms with van der Waals surface area (Å²) in [5.41, 5.74) is 1.64. The van der Waals surface area contributed by atoms with Gasteiger partial charge >= 0.3 is 5.69 Å². The van der Waals surface area contributed by atoms with Crippen molar-refractivity contribution in [1.82, 2.24) is 14.0 Å². The van der Waals surface area contributed by atoms with Gasteiger partial charge in [-0.2, -0.15) is 0 Å². The maximum Gasteiger partial charge on any atom is 0.328 e. The van der Waals surface area contributed by atoms with Crippen molar-refractivity contribution in [2.24, 2.45) is 14.1 Å². The van der Waals surface area contributed by atoms with Crippen LogP contribution in [0.4, 0.5) is 16.2 Å². The minimum absolute atomic E-state index is 0.0586. The van der Waals surface area contributed by atoms with Gasteiger partial charge in [0.15, 0.2) is 0 Å². The summed E-state index contributed by atoms with van der Waals surface area (Å²) in [4.78, 5) is 61.6. The zero-order valence-corrected chi connectivity index (χ0v) is 19.2. The number of carbonyl (C=O) groups excluding carboxylic acids is 3. The van der Waals surface area contributed by atoms with E-state index in [0.29, 0.717) is 28.5 Å². The van der Waals surface area contributed by atoms with Crippen molar-refractivity contribution in [3.8, 4) is 0 Å². The molecule has 1 fully saturated rings. The summed E-state index contributed by atoms with van der Waals surface area (Å²) >= 11 is 0.588. The van der Waals surface area contributed by atoms with Gasteiger partial charge in [-0.1, -0.05) is 12.1 Å². The van der Waals surface area contributed by atoms with Crippen LogP contribution in [0.25, 0.3) is 17.1 Å². The quantitative estimate of drug-likeness (QED) is 0.336. The summed E-state index contributed by atoms with van der Waals surface area (Å²) in [5.74, 6) is -1.29. The van der Waals surface area contributed by atoms with E-state index in [0.717, 1.165) is 10.5 Å². The van der Waals surface area contributed by atoms with Crippen LogP contribution in [0.2, 0.25) is 0 Å². The lowest BCUT2D eigenvalue weighted by molar-refractivity contribution is -0.385. The van der Waals surface area contributed by atoms with E-state index in [4.69, 9.17) is 0 Å². The van der Waals surface area contributed by atoms with Crippen molar-refractivity contribution in [3.63, 3.8) is 0 Å². The number of carbonyl (C=O) groups is 3. The molecule has 2 aromatic carbocycles. The summed E-state index contributed by atoms with van der Waals surface area (Å²) in [6.45, 7) is 1.37. The molecule has 0 radical (unpaired) electrons. The molecule has 0 unspecified atom stereocenters. The van der Waals surface area contributed by atoms with Gasteiger partial charge in [0.2, 0.25) is 5.91 Å². The molecule has 0 saturated carbocycles. The van der Waals surface area contributed by atoms with Crippen LogP contribution in [0.5, 0.6) is 0 Å². The molecule has 11 nitrogen and oxygen atoms in total. The van der Waals surface area contributed by atoms with Gasteiger partial charge in [0.05, 0.1) is 26.4 Å². The SMILES string of the molecule is Cc1cccc(NC(=O)CN2C(=O)S/C(=C\c3cc4c(cc3[N+](=O)[O-])n(C)c(=O)n4C)C2=O)c1. The Morgan fingerprint density at radius 2 is 1.79 bits per heavy atom. The average molecular weight is 481 g/mol. The molecular formula is C22H19N5O6S. The van der Waals surface area contributed by atoms with E-state index in [-0.39, 0.29) is 21.8 Å². The third-order valence-corrected chi connectivity index (χ3v) is 6.29. The zero-order chi connectivity index (χ0) is 24.7. The smallest absolute Gasteiger partial charge is 0.325 e. The molecular weight excluding hydrogens is 462 g/mol. The van der Waals surface area contributed by atoms with E-state index in [9.17, 15) is 29.3 Å². The summed E-state index contributed by atoms with van der Waals surface area (Å²) in [5, 5.41) is 13.6. The molecule has 2 heterocycles. The number of hydrogen-bond donors (Lipinski definition) is 1. The van der Waals surface area contributed by atoms with Gasteiger partial charge in [-0.25, -0.2) is 4.79 Å². The Labute approximate surface area is 196 Å². The van der Waals surface area contributed by atoms with Gasteiger partial charge in [-0.05, 0) is 48.5 Å². The van der Waals surface area contributed by atoms with E-state index in [1.165, 1.54) is 41.4 Å². The first-order chi connectivity index (χ1) is 16.1. The Bertz CT molecular complexity index is 1480. The third kappa shape index (κ3) is 4.10. The molecule has 0 aliphatic carbocycles. The highest BCUT2D eigenvalue weighted by Gasteiger charge is 2.37. The van der Waals surface area contributed by atoms with Crippen LogP contribution in [0.15, 0.2) is 46.1 Å². The molecule has 1 N–H and O–H groups in total. The topological polar surface area (TPSA) is 137 Å². The van der Waals surface area contributed by atoms with E-state index in [2.05, 4.69) is 5.32 Å². The number of imidazole rings is 1. The van der Waals surface area contributed by atoms with Gasteiger partial charge in [0, 0.05) is 25.8 Å². The number of hydrogen-bond acceptors (Lipinski definition) is 7. The van der Waals surface area contributed by atoms with Crippen molar-refractivity contribution in [3.05, 3.63) is 73.0 Å². The van der Waals surface area contributed by atoms with Crippen molar-refractivity contribution in [1.29, 1.82) is 0 Å². The van der Waals surface area contributed by atoms with E-state index in [1.54, 1.807) is 18.2 Å². The van der Waals surface area contributed by atoms with Crippen LogP contribution in [0, 0.1) is 17.0 Å². The molecule has 3 amide bonds. The number of thioether (sulfide) groups is 1. The van der Waals surface area contributed by atoms with Gasteiger partial charge < -0.3 is 5.32 Å². The van der Waals surface area contributed by atoms with Crippen LogP contribution in [-0.4, -0.2) is 42.6 Å². The Kier molecular flexibility index (Phi) is 5.83. The fourth-order valence-electron chi connectivity index (χ4n) is 3.67. The second kappa shape index (κ2) is 8.63. The second-order valence-electron chi connectivity index (χ2n) is 7.74. The van der Waals surface area contributed by atoms with Gasteiger partial charge in [0.25, 0.3) is 16.8 Å². The van der Waals surface area contributed by atoms with Gasteiger partial charge in [0.1, 0.15) is 6.54 Å². The molecule has 1 saturated heterocycles. The Morgan fingerprint density at radius 1 is 1.12 bits per heavy atom. The van der Waals surface area contributed by atoms with Gasteiger partial charge in [-0.3, -0.25) is 38.5 Å². The molecule has 0 spiro atoms. The molecule has 34 heavy (non-hydrogen) atoms. The highest BCUT2D eigenvalue weighted by atomic mass is 32.2. The Balaban J connectivity index is 1.63. The van der Waals surface area contributed by atoms with Crippen molar-refractivity contribution < 1.29 is 19.3 Å². The fraction of sp³-hybridized carbons (Fsp3) is 0.182. The molecule has 3 aromatic rings. The number of amides is 3. The molecule has 12 heteroatoms. The lowest BCUT2D eigenvalue weighted by Gasteiger charge is -2.12.